The minimum atomic E-state index is 0.523. The Labute approximate surface area is 112 Å². The van der Waals surface area contributed by atoms with Gasteiger partial charge in [0.15, 0.2) is 0 Å². The Bertz CT molecular complexity index is 266. The van der Waals surface area contributed by atoms with Crippen molar-refractivity contribution in [2.24, 2.45) is 11.8 Å². The molecule has 0 aliphatic carbocycles. The minimum absolute atomic E-state index is 0.523. The molecule has 0 N–H and O–H groups in total. The van der Waals surface area contributed by atoms with E-state index in [1.165, 1.54) is 32.1 Å². The molecule has 2 heteroatoms. The van der Waals surface area contributed by atoms with Gasteiger partial charge in [-0.3, -0.25) is 0 Å². The monoisotopic (exact) mass is 252 g/mol. The number of ether oxygens (including phenoxy) is 2. The van der Waals surface area contributed by atoms with E-state index in [1.807, 2.05) is 0 Å². The molecule has 0 bridgehead atoms. The Hall–Kier alpha value is -0.340. The van der Waals surface area contributed by atoms with Crippen molar-refractivity contribution in [2.75, 3.05) is 19.8 Å². The Balaban J connectivity index is 1.71. The topological polar surface area (TPSA) is 18.5 Å². The summed E-state index contributed by atoms with van der Waals surface area (Å²) in [6, 6.07) is 0. The summed E-state index contributed by atoms with van der Waals surface area (Å²) in [5.41, 5.74) is 1.61. The molecule has 3 atom stereocenters. The summed E-state index contributed by atoms with van der Waals surface area (Å²) in [5, 5.41) is 0. The normalized spacial score (nSPS) is 28.6. The molecule has 0 amide bonds. The van der Waals surface area contributed by atoms with E-state index in [1.54, 1.807) is 5.57 Å². The Morgan fingerprint density at radius 1 is 1.22 bits per heavy atom. The SMILES string of the molecule is CC(CCC(C)C1CCCCO1)C1=CCOCC1. The summed E-state index contributed by atoms with van der Waals surface area (Å²) in [5.74, 6) is 1.44. The summed E-state index contributed by atoms with van der Waals surface area (Å²) in [6.45, 7) is 7.44. The van der Waals surface area contributed by atoms with Gasteiger partial charge in [-0.25, -0.2) is 0 Å². The summed E-state index contributed by atoms with van der Waals surface area (Å²) in [6.07, 6.45) is 10.4. The lowest BCUT2D eigenvalue weighted by Crippen LogP contribution is -2.26. The largest absolute Gasteiger partial charge is 0.378 e. The van der Waals surface area contributed by atoms with Crippen molar-refractivity contribution in [3.63, 3.8) is 0 Å². The van der Waals surface area contributed by atoms with Crippen LogP contribution < -0.4 is 0 Å². The molecule has 2 rings (SSSR count). The average molecular weight is 252 g/mol. The lowest BCUT2D eigenvalue weighted by molar-refractivity contribution is -0.0192. The molecule has 1 saturated heterocycles. The first-order valence-corrected chi connectivity index (χ1v) is 7.65. The van der Waals surface area contributed by atoms with Crippen LogP contribution in [0.3, 0.4) is 0 Å². The molecular formula is C16H28O2. The van der Waals surface area contributed by atoms with Crippen LogP contribution in [0.2, 0.25) is 0 Å². The summed E-state index contributed by atoms with van der Waals surface area (Å²) >= 11 is 0. The molecule has 1 fully saturated rings. The van der Waals surface area contributed by atoms with Crippen molar-refractivity contribution in [1.29, 1.82) is 0 Å². The molecule has 0 aromatic heterocycles. The molecule has 2 heterocycles. The zero-order chi connectivity index (χ0) is 12.8. The third-order valence-electron chi connectivity index (χ3n) is 4.54. The molecule has 18 heavy (non-hydrogen) atoms. The van der Waals surface area contributed by atoms with E-state index in [-0.39, 0.29) is 0 Å². The van der Waals surface area contributed by atoms with Gasteiger partial charge < -0.3 is 9.47 Å². The van der Waals surface area contributed by atoms with Crippen LogP contribution in [0.15, 0.2) is 11.6 Å². The fourth-order valence-electron chi connectivity index (χ4n) is 3.09. The van der Waals surface area contributed by atoms with Crippen LogP contribution in [0.25, 0.3) is 0 Å². The fourth-order valence-corrected chi connectivity index (χ4v) is 3.09. The molecule has 0 saturated carbocycles. The number of hydrogen-bond acceptors (Lipinski definition) is 2. The highest BCUT2D eigenvalue weighted by Gasteiger charge is 2.21. The predicted octanol–water partition coefficient (Wildman–Crippen LogP) is 3.95. The zero-order valence-electron chi connectivity index (χ0n) is 12.0. The number of hydrogen-bond donors (Lipinski definition) is 0. The maximum atomic E-state index is 5.88. The highest BCUT2D eigenvalue weighted by atomic mass is 16.5. The lowest BCUT2D eigenvalue weighted by atomic mass is 9.86. The van der Waals surface area contributed by atoms with Gasteiger partial charge in [0.1, 0.15) is 0 Å². The van der Waals surface area contributed by atoms with E-state index in [9.17, 15) is 0 Å². The molecule has 104 valence electrons. The second-order valence-corrected chi connectivity index (χ2v) is 5.96. The van der Waals surface area contributed by atoms with E-state index < -0.39 is 0 Å². The van der Waals surface area contributed by atoms with Gasteiger partial charge in [0.05, 0.1) is 19.3 Å². The molecule has 2 aliphatic heterocycles. The molecule has 0 aromatic carbocycles. The molecule has 0 aromatic rings. The van der Waals surface area contributed by atoms with Gasteiger partial charge in [0, 0.05) is 6.61 Å². The molecule has 3 unspecified atom stereocenters. The van der Waals surface area contributed by atoms with Crippen LogP contribution in [-0.2, 0) is 9.47 Å². The van der Waals surface area contributed by atoms with Crippen LogP contribution in [0.1, 0.15) is 52.4 Å². The van der Waals surface area contributed by atoms with Gasteiger partial charge in [-0.05, 0) is 50.4 Å². The Kier molecular flexibility index (Phi) is 5.71. The molecule has 0 spiro atoms. The number of rotatable bonds is 5. The second kappa shape index (κ2) is 7.30. The van der Waals surface area contributed by atoms with E-state index in [4.69, 9.17) is 9.47 Å². The van der Waals surface area contributed by atoms with Crippen LogP contribution in [0.4, 0.5) is 0 Å². The van der Waals surface area contributed by atoms with Crippen LogP contribution in [-0.4, -0.2) is 25.9 Å². The Morgan fingerprint density at radius 3 is 2.78 bits per heavy atom. The van der Waals surface area contributed by atoms with E-state index in [0.717, 1.165) is 32.2 Å². The maximum absolute atomic E-state index is 5.88. The average Bonchev–Trinajstić information content (AvgIpc) is 2.46. The Morgan fingerprint density at radius 2 is 2.11 bits per heavy atom. The van der Waals surface area contributed by atoms with Gasteiger partial charge >= 0.3 is 0 Å². The van der Waals surface area contributed by atoms with Crippen LogP contribution in [0.5, 0.6) is 0 Å². The third-order valence-corrected chi connectivity index (χ3v) is 4.54. The molecule has 0 radical (unpaired) electrons. The predicted molar refractivity (Wildman–Crippen MR) is 74.7 cm³/mol. The molecule has 2 aliphatic rings. The van der Waals surface area contributed by atoms with Gasteiger partial charge in [-0.15, -0.1) is 0 Å². The fraction of sp³-hybridized carbons (Fsp3) is 0.875. The van der Waals surface area contributed by atoms with E-state index in [0.29, 0.717) is 12.0 Å². The van der Waals surface area contributed by atoms with Gasteiger partial charge in [0.2, 0.25) is 0 Å². The van der Waals surface area contributed by atoms with Crippen LogP contribution in [0, 0.1) is 11.8 Å². The van der Waals surface area contributed by atoms with Gasteiger partial charge in [-0.2, -0.15) is 0 Å². The third kappa shape index (κ3) is 4.10. The van der Waals surface area contributed by atoms with E-state index in [2.05, 4.69) is 19.9 Å². The van der Waals surface area contributed by atoms with Crippen molar-refractivity contribution >= 4 is 0 Å². The summed E-state index contributed by atoms with van der Waals surface area (Å²) in [7, 11) is 0. The second-order valence-electron chi connectivity index (χ2n) is 5.96. The summed E-state index contributed by atoms with van der Waals surface area (Å²) in [4.78, 5) is 0. The maximum Gasteiger partial charge on any atom is 0.0650 e. The van der Waals surface area contributed by atoms with E-state index >= 15 is 0 Å². The van der Waals surface area contributed by atoms with Crippen molar-refractivity contribution in [1.82, 2.24) is 0 Å². The first-order valence-electron chi connectivity index (χ1n) is 7.65. The van der Waals surface area contributed by atoms with Gasteiger partial charge in [0.25, 0.3) is 0 Å². The standard InChI is InChI=1S/C16H28O2/c1-13(15-8-11-17-12-9-15)6-7-14(2)16-5-3-4-10-18-16/h8,13-14,16H,3-7,9-12H2,1-2H3. The molecule has 2 nitrogen and oxygen atoms in total. The smallest absolute Gasteiger partial charge is 0.0650 e. The highest BCUT2D eigenvalue weighted by Crippen LogP contribution is 2.28. The van der Waals surface area contributed by atoms with Crippen LogP contribution >= 0.6 is 0 Å². The molecular weight excluding hydrogens is 224 g/mol. The van der Waals surface area contributed by atoms with Crippen molar-refractivity contribution < 1.29 is 9.47 Å². The lowest BCUT2D eigenvalue weighted by Gasteiger charge is -2.29. The minimum Gasteiger partial charge on any atom is -0.378 e. The van der Waals surface area contributed by atoms with Crippen molar-refractivity contribution in [3.05, 3.63) is 11.6 Å². The van der Waals surface area contributed by atoms with Gasteiger partial charge in [-0.1, -0.05) is 25.5 Å². The first kappa shape index (κ1) is 14.1. The quantitative estimate of drug-likeness (QED) is 0.690. The first-order chi connectivity index (χ1) is 8.77. The van der Waals surface area contributed by atoms with Crippen molar-refractivity contribution in [3.8, 4) is 0 Å². The zero-order valence-corrected chi connectivity index (χ0v) is 12.0. The van der Waals surface area contributed by atoms with Crippen molar-refractivity contribution in [2.45, 2.75) is 58.5 Å². The summed E-state index contributed by atoms with van der Waals surface area (Å²) < 4.78 is 11.3. The highest BCUT2D eigenvalue weighted by molar-refractivity contribution is 5.08.